The van der Waals surface area contributed by atoms with E-state index >= 15 is 0 Å². The van der Waals surface area contributed by atoms with Crippen LogP contribution in [0.3, 0.4) is 0 Å². The molecule has 2 amide bonds. The SMILES string of the molecule is CCN1CC(C(=O)N2CCN(CCOc3cccc(OC)c3)CC2)CC1=O. The van der Waals surface area contributed by atoms with Gasteiger partial charge in [0.05, 0.1) is 13.0 Å². The van der Waals surface area contributed by atoms with Gasteiger partial charge in [-0.05, 0) is 19.1 Å². The molecule has 148 valence electrons. The van der Waals surface area contributed by atoms with E-state index in [9.17, 15) is 9.59 Å². The van der Waals surface area contributed by atoms with E-state index in [1.54, 1.807) is 12.0 Å². The van der Waals surface area contributed by atoms with Crippen LogP contribution in [0, 0.1) is 5.92 Å². The Hall–Kier alpha value is -2.28. The van der Waals surface area contributed by atoms with Crippen molar-refractivity contribution in [1.29, 1.82) is 0 Å². The Balaban J connectivity index is 1.38. The third-order valence-corrected chi connectivity index (χ3v) is 5.35. The van der Waals surface area contributed by atoms with Gasteiger partial charge in [0, 0.05) is 58.3 Å². The van der Waals surface area contributed by atoms with Crippen molar-refractivity contribution in [1.82, 2.24) is 14.7 Å². The fourth-order valence-corrected chi connectivity index (χ4v) is 3.68. The summed E-state index contributed by atoms with van der Waals surface area (Å²) in [6.45, 7) is 7.75. The minimum absolute atomic E-state index is 0.101. The maximum absolute atomic E-state index is 12.7. The molecule has 1 aromatic carbocycles. The molecule has 2 heterocycles. The van der Waals surface area contributed by atoms with Crippen molar-refractivity contribution < 1.29 is 19.1 Å². The number of carbonyl (C=O) groups is 2. The van der Waals surface area contributed by atoms with Crippen LogP contribution in [0.25, 0.3) is 0 Å². The van der Waals surface area contributed by atoms with Gasteiger partial charge in [0.2, 0.25) is 11.8 Å². The van der Waals surface area contributed by atoms with Crippen LogP contribution in [0.4, 0.5) is 0 Å². The Morgan fingerprint density at radius 3 is 2.59 bits per heavy atom. The van der Waals surface area contributed by atoms with E-state index in [0.717, 1.165) is 44.2 Å². The molecule has 1 aromatic rings. The lowest BCUT2D eigenvalue weighted by Crippen LogP contribution is -2.51. The van der Waals surface area contributed by atoms with Crippen LogP contribution in [0.1, 0.15) is 13.3 Å². The van der Waals surface area contributed by atoms with Gasteiger partial charge < -0.3 is 19.3 Å². The highest BCUT2D eigenvalue weighted by Crippen LogP contribution is 2.21. The number of hydrogen-bond acceptors (Lipinski definition) is 5. The number of likely N-dealkylation sites (tertiary alicyclic amines) is 1. The zero-order valence-corrected chi connectivity index (χ0v) is 16.2. The molecule has 2 fully saturated rings. The monoisotopic (exact) mass is 375 g/mol. The average Bonchev–Trinajstić information content (AvgIpc) is 3.09. The summed E-state index contributed by atoms with van der Waals surface area (Å²) in [5, 5.41) is 0. The zero-order valence-electron chi connectivity index (χ0n) is 16.2. The Labute approximate surface area is 160 Å². The van der Waals surface area contributed by atoms with Gasteiger partial charge in [0.25, 0.3) is 0 Å². The van der Waals surface area contributed by atoms with Crippen LogP contribution in [-0.2, 0) is 9.59 Å². The molecule has 7 heteroatoms. The van der Waals surface area contributed by atoms with Crippen LogP contribution >= 0.6 is 0 Å². The molecular weight excluding hydrogens is 346 g/mol. The second kappa shape index (κ2) is 9.08. The van der Waals surface area contributed by atoms with E-state index in [4.69, 9.17) is 9.47 Å². The first-order valence-electron chi connectivity index (χ1n) is 9.66. The van der Waals surface area contributed by atoms with Gasteiger partial charge in [-0.15, -0.1) is 0 Å². The highest BCUT2D eigenvalue weighted by Gasteiger charge is 2.36. The maximum atomic E-state index is 12.7. The van der Waals surface area contributed by atoms with Crippen molar-refractivity contribution in [3.63, 3.8) is 0 Å². The zero-order chi connectivity index (χ0) is 19.2. The van der Waals surface area contributed by atoms with Crippen LogP contribution < -0.4 is 9.47 Å². The van der Waals surface area contributed by atoms with Crippen LogP contribution in [-0.4, -0.2) is 86.0 Å². The molecule has 0 bridgehead atoms. The van der Waals surface area contributed by atoms with Gasteiger partial charge in [0.15, 0.2) is 0 Å². The molecule has 3 rings (SSSR count). The van der Waals surface area contributed by atoms with E-state index < -0.39 is 0 Å². The quantitative estimate of drug-likeness (QED) is 0.714. The van der Waals surface area contributed by atoms with Gasteiger partial charge in [-0.25, -0.2) is 0 Å². The first-order chi connectivity index (χ1) is 13.1. The average molecular weight is 375 g/mol. The number of amides is 2. The second-order valence-electron chi connectivity index (χ2n) is 7.03. The molecule has 0 aliphatic carbocycles. The van der Waals surface area contributed by atoms with Crippen molar-refractivity contribution in [2.75, 3.05) is 59.5 Å². The Bertz CT molecular complexity index is 658. The molecule has 2 aliphatic heterocycles. The largest absolute Gasteiger partial charge is 0.497 e. The van der Waals surface area contributed by atoms with Crippen molar-refractivity contribution >= 4 is 11.8 Å². The Kier molecular flexibility index (Phi) is 6.55. The smallest absolute Gasteiger partial charge is 0.228 e. The van der Waals surface area contributed by atoms with Gasteiger partial charge in [-0.1, -0.05) is 6.07 Å². The van der Waals surface area contributed by atoms with Crippen molar-refractivity contribution in [3.05, 3.63) is 24.3 Å². The van der Waals surface area contributed by atoms with Gasteiger partial charge in [-0.3, -0.25) is 14.5 Å². The summed E-state index contributed by atoms with van der Waals surface area (Å²) in [6.07, 6.45) is 0.362. The van der Waals surface area contributed by atoms with E-state index in [1.807, 2.05) is 36.1 Å². The molecule has 27 heavy (non-hydrogen) atoms. The first-order valence-corrected chi connectivity index (χ1v) is 9.66. The summed E-state index contributed by atoms with van der Waals surface area (Å²) in [7, 11) is 1.64. The van der Waals surface area contributed by atoms with E-state index in [0.29, 0.717) is 26.1 Å². The molecule has 0 saturated carbocycles. The lowest BCUT2D eigenvalue weighted by atomic mass is 10.1. The summed E-state index contributed by atoms with van der Waals surface area (Å²) >= 11 is 0. The molecule has 0 radical (unpaired) electrons. The lowest BCUT2D eigenvalue weighted by molar-refractivity contribution is -0.137. The molecule has 1 atom stereocenters. The number of carbonyl (C=O) groups excluding carboxylic acids is 2. The lowest BCUT2D eigenvalue weighted by Gasteiger charge is -2.35. The molecule has 2 aliphatic rings. The normalized spacial score (nSPS) is 20.8. The van der Waals surface area contributed by atoms with Crippen LogP contribution in [0.5, 0.6) is 11.5 Å². The Morgan fingerprint density at radius 1 is 1.19 bits per heavy atom. The van der Waals surface area contributed by atoms with E-state index in [2.05, 4.69) is 4.90 Å². The highest BCUT2D eigenvalue weighted by molar-refractivity contribution is 5.89. The third-order valence-electron chi connectivity index (χ3n) is 5.35. The fourth-order valence-electron chi connectivity index (χ4n) is 3.68. The standard InChI is InChI=1S/C20H29N3O4/c1-3-22-15-16(13-19(22)24)20(25)23-9-7-21(8-10-23)11-12-27-18-6-4-5-17(14-18)26-2/h4-6,14,16H,3,7-13,15H2,1-2H3. The summed E-state index contributed by atoms with van der Waals surface area (Å²) in [5.74, 6) is 1.65. The summed E-state index contributed by atoms with van der Waals surface area (Å²) < 4.78 is 11.0. The number of nitrogens with zero attached hydrogens (tertiary/aromatic N) is 3. The van der Waals surface area contributed by atoms with Crippen molar-refractivity contribution in [2.45, 2.75) is 13.3 Å². The molecular formula is C20H29N3O4. The molecule has 2 saturated heterocycles. The summed E-state index contributed by atoms with van der Waals surface area (Å²) in [4.78, 5) is 30.5. The summed E-state index contributed by atoms with van der Waals surface area (Å²) in [6, 6.07) is 7.59. The van der Waals surface area contributed by atoms with Crippen LogP contribution in [0.15, 0.2) is 24.3 Å². The number of rotatable bonds is 7. The van der Waals surface area contributed by atoms with Gasteiger partial charge in [-0.2, -0.15) is 0 Å². The van der Waals surface area contributed by atoms with Gasteiger partial charge in [0.1, 0.15) is 18.1 Å². The predicted molar refractivity (Wildman–Crippen MR) is 102 cm³/mol. The number of benzene rings is 1. The molecule has 7 nitrogen and oxygen atoms in total. The summed E-state index contributed by atoms with van der Waals surface area (Å²) in [5.41, 5.74) is 0. The molecule has 1 unspecified atom stereocenters. The first kappa shape index (κ1) is 19.5. The van der Waals surface area contributed by atoms with E-state index in [-0.39, 0.29) is 17.7 Å². The highest BCUT2D eigenvalue weighted by atomic mass is 16.5. The Morgan fingerprint density at radius 2 is 1.93 bits per heavy atom. The number of piperazine rings is 1. The van der Waals surface area contributed by atoms with Gasteiger partial charge >= 0.3 is 0 Å². The third kappa shape index (κ3) is 4.91. The fraction of sp³-hybridized carbons (Fsp3) is 0.600. The van der Waals surface area contributed by atoms with Crippen LogP contribution in [0.2, 0.25) is 0 Å². The topological polar surface area (TPSA) is 62.3 Å². The number of ether oxygens (including phenoxy) is 2. The minimum Gasteiger partial charge on any atom is -0.497 e. The molecule has 0 spiro atoms. The van der Waals surface area contributed by atoms with E-state index in [1.165, 1.54) is 0 Å². The predicted octanol–water partition coefficient (Wildman–Crippen LogP) is 1.09. The van der Waals surface area contributed by atoms with Crippen molar-refractivity contribution in [2.24, 2.45) is 5.92 Å². The molecule has 0 aromatic heterocycles. The maximum Gasteiger partial charge on any atom is 0.228 e. The number of hydrogen-bond donors (Lipinski definition) is 0. The minimum atomic E-state index is -0.166. The number of methoxy groups -OCH3 is 1. The second-order valence-corrected chi connectivity index (χ2v) is 7.03. The van der Waals surface area contributed by atoms with Crippen molar-refractivity contribution in [3.8, 4) is 11.5 Å². The molecule has 0 N–H and O–H groups in total.